The predicted octanol–water partition coefficient (Wildman–Crippen LogP) is -0.371. The van der Waals surface area contributed by atoms with Gasteiger partial charge in [-0.3, -0.25) is 14.4 Å². The highest BCUT2D eigenvalue weighted by molar-refractivity contribution is 5.76. The summed E-state index contributed by atoms with van der Waals surface area (Å²) in [4.78, 5) is 45.2. The van der Waals surface area contributed by atoms with Crippen LogP contribution in [0.4, 0.5) is 0 Å². The summed E-state index contributed by atoms with van der Waals surface area (Å²) >= 11 is 0. The molecule has 10 nitrogen and oxygen atoms in total. The van der Waals surface area contributed by atoms with E-state index in [4.69, 9.17) is 23.7 Å². The van der Waals surface area contributed by atoms with Gasteiger partial charge in [0, 0.05) is 27.9 Å². The smallest absolute Gasteiger partial charge is 0.364 e. The van der Waals surface area contributed by atoms with Gasteiger partial charge in [0.25, 0.3) is 5.79 Å². The molecule has 1 N–H and O–H groups in total. The van der Waals surface area contributed by atoms with Gasteiger partial charge in [-0.05, 0) is 0 Å². The number of hydrogen-bond donors (Lipinski definition) is 1. The Kier molecular flexibility index (Phi) is 6.67. The third-order valence-corrected chi connectivity index (χ3v) is 3.27. The second-order valence-corrected chi connectivity index (χ2v) is 5.15. The Bertz CT molecular complexity index is 516. The van der Waals surface area contributed by atoms with Crippen LogP contribution in [0.2, 0.25) is 0 Å². The quantitative estimate of drug-likeness (QED) is 0.500. The fraction of sp³-hybridized carbons (Fsp3) is 0.714. The van der Waals surface area contributed by atoms with Gasteiger partial charge in [-0.15, -0.1) is 0 Å². The highest BCUT2D eigenvalue weighted by Gasteiger charge is 2.55. The van der Waals surface area contributed by atoms with Crippen LogP contribution in [0.5, 0.6) is 0 Å². The lowest BCUT2D eigenvalue weighted by atomic mass is 9.95. The maximum absolute atomic E-state index is 11.5. The number of hydrogen-bond acceptors (Lipinski definition) is 9. The Balaban J connectivity index is 3.18. The monoisotopic (exact) mass is 348 g/mol. The summed E-state index contributed by atoms with van der Waals surface area (Å²) in [6.45, 7) is 2.98. The standard InChI is InChI=1S/C14H20O10/c1-7(15)21-6-11-12(23-9(3)17)10(22-8(2)16)5-14(20-4,24-11)13(18)19/h10-12H,5-6H2,1-4H3,(H,18,19)/t10-,11-,12-,14-/m1/s1. The molecule has 136 valence electrons. The minimum atomic E-state index is -2.14. The average Bonchev–Trinajstić information content (AvgIpc) is 2.46. The second-order valence-electron chi connectivity index (χ2n) is 5.15. The van der Waals surface area contributed by atoms with Crippen molar-refractivity contribution in [3.8, 4) is 0 Å². The fourth-order valence-electron chi connectivity index (χ4n) is 2.33. The number of rotatable bonds is 6. The fourth-order valence-corrected chi connectivity index (χ4v) is 2.33. The molecule has 24 heavy (non-hydrogen) atoms. The van der Waals surface area contributed by atoms with Crippen LogP contribution in [0.25, 0.3) is 0 Å². The lowest BCUT2D eigenvalue weighted by molar-refractivity contribution is -0.310. The summed E-state index contributed by atoms with van der Waals surface area (Å²) in [5.74, 6) is -5.65. The van der Waals surface area contributed by atoms with Crippen LogP contribution in [-0.4, -0.2) is 66.8 Å². The zero-order valence-electron chi connectivity index (χ0n) is 13.8. The van der Waals surface area contributed by atoms with E-state index >= 15 is 0 Å². The molecule has 1 aliphatic heterocycles. The Hall–Kier alpha value is -2.20. The molecule has 0 aliphatic carbocycles. The Morgan fingerprint density at radius 2 is 1.67 bits per heavy atom. The molecule has 1 fully saturated rings. The van der Waals surface area contributed by atoms with Crippen molar-refractivity contribution in [2.45, 2.75) is 51.3 Å². The van der Waals surface area contributed by atoms with E-state index in [2.05, 4.69) is 0 Å². The number of esters is 3. The molecule has 1 saturated heterocycles. The molecule has 1 aliphatic rings. The summed E-state index contributed by atoms with van der Waals surface area (Å²) in [6.07, 6.45) is -3.93. The number of methoxy groups -OCH3 is 1. The van der Waals surface area contributed by atoms with Crippen LogP contribution < -0.4 is 0 Å². The van der Waals surface area contributed by atoms with Gasteiger partial charge in [-0.2, -0.15) is 0 Å². The molecule has 0 bridgehead atoms. The van der Waals surface area contributed by atoms with Crippen molar-refractivity contribution in [3.63, 3.8) is 0 Å². The van der Waals surface area contributed by atoms with Crippen LogP contribution in [0.3, 0.4) is 0 Å². The molecule has 0 aromatic rings. The Morgan fingerprint density at radius 1 is 1.08 bits per heavy atom. The van der Waals surface area contributed by atoms with E-state index in [0.717, 1.165) is 27.9 Å². The zero-order chi connectivity index (χ0) is 18.5. The summed E-state index contributed by atoms with van der Waals surface area (Å²) in [5, 5.41) is 9.40. The minimum Gasteiger partial charge on any atom is -0.477 e. The van der Waals surface area contributed by atoms with Gasteiger partial charge in [0.1, 0.15) is 18.8 Å². The van der Waals surface area contributed by atoms with Crippen molar-refractivity contribution >= 4 is 23.9 Å². The van der Waals surface area contributed by atoms with Crippen molar-refractivity contribution in [2.24, 2.45) is 0 Å². The second kappa shape index (κ2) is 8.06. The molecule has 0 saturated carbocycles. The van der Waals surface area contributed by atoms with Crippen molar-refractivity contribution in [1.82, 2.24) is 0 Å². The molecule has 1 heterocycles. The summed E-state index contributed by atoms with van der Waals surface area (Å²) in [6, 6.07) is 0. The molecular weight excluding hydrogens is 328 g/mol. The van der Waals surface area contributed by atoms with Crippen molar-refractivity contribution in [2.75, 3.05) is 13.7 Å². The maximum atomic E-state index is 11.5. The first-order valence-electron chi connectivity index (χ1n) is 7.05. The summed E-state index contributed by atoms with van der Waals surface area (Å²) in [7, 11) is 1.11. The van der Waals surface area contributed by atoms with Crippen LogP contribution in [0.1, 0.15) is 27.2 Å². The molecule has 0 aromatic carbocycles. The van der Waals surface area contributed by atoms with Crippen molar-refractivity contribution < 1.29 is 48.0 Å². The largest absolute Gasteiger partial charge is 0.477 e. The number of carboxylic acids is 1. The average molecular weight is 348 g/mol. The van der Waals surface area contributed by atoms with E-state index in [1.54, 1.807) is 0 Å². The third-order valence-electron chi connectivity index (χ3n) is 3.27. The molecule has 0 unspecified atom stereocenters. The lowest BCUT2D eigenvalue weighted by Gasteiger charge is -2.43. The zero-order valence-corrected chi connectivity index (χ0v) is 13.8. The normalized spacial score (nSPS) is 29.4. The van der Waals surface area contributed by atoms with Gasteiger partial charge in [0.15, 0.2) is 6.10 Å². The SMILES string of the molecule is CO[C@]1(C(=O)O)C[C@@H](OC(C)=O)[C@@H](OC(C)=O)[C@@H](COC(C)=O)O1. The van der Waals surface area contributed by atoms with Gasteiger partial charge in [0.05, 0.1) is 6.42 Å². The molecule has 10 heteroatoms. The van der Waals surface area contributed by atoms with Gasteiger partial charge in [0.2, 0.25) is 0 Å². The van der Waals surface area contributed by atoms with Gasteiger partial charge < -0.3 is 28.8 Å². The number of carbonyl (C=O) groups is 4. The van der Waals surface area contributed by atoms with Gasteiger partial charge >= 0.3 is 23.9 Å². The molecule has 0 spiro atoms. The maximum Gasteiger partial charge on any atom is 0.364 e. The summed E-state index contributed by atoms with van der Waals surface area (Å²) in [5.41, 5.74) is 0. The van der Waals surface area contributed by atoms with Gasteiger partial charge in [-0.25, -0.2) is 4.79 Å². The third kappa shape index (κ3) is 4.90. The van der Waals surface area contributed by atoms with E-state index in [0.29, 0.717) is 0 Å². The van der Waals surface area contributed by atoms with Crippen LogP contribution in [0.15, 0.2) is 0 Å². The van der Waals surface area contributed by atoms with E-state index in [1.807, 2.05) is 0 Å². The lowest BCUT2D eigenvalue weighted by Crippen LogP contribution is -2.62. The first-order chi connectivity index (χ1) is 11.1. The van der Waals surface area contributed by atoms with Crippen LogP contribution in [-0.2, 0) is 42.9 Å². The molecule has 4 atom stereocenters. The van der Waals surface area contributed by atoms with Crippen molar-refractivity contribution in [3.05, 3.63) is 0 Å². The highest BCUT2D eigenvalue weighted by Crippen LogP contribution is 2.34. The summed E-state index contributed by atoms with van der Waals surface area (Å²) < 4.78 is 25.3. The van der Waals surface area contributed by atoms with E-state index in [-0.39, 0.29) is 0 Å². The number of aliphatic carboxylic acids is 1. The molecular formula is C14H20O10. The first kappa shape index (κ1) is 19.8. The van der Waals surface area contributed by atoms with E-state index < -0.39 is 61.0 Å². The molecule has 0 amide bonds. The van der Waals surface area contributed by atoms with E-state index in [1.165, 1.54) is 0 Å². The number of carboxylic acid groups (broad SMARTS) is 1. The molecule has 1 rings (SSSR count). The Labute approximate surface area is 137 Å². The van der Waals surface area contributed by atoms with Gasteiger partial charge in [-0.1, -0.05) is 0 Å². The van der Waals surface area contributed by atoms with E-state index in [9.17, 15) is 24.3 Å². The van der Waals surface area contributed by atoms with Crippen molar-refractivity contribution in [1.29, 1.82) is 0 Å². The Morgan fingerprint density at radius 3 is 2.08 bits per heavy atom. The number of carbonyl (C=O) groups excluding carboxylic acids is 3. The topological polar surface area (TPSA) is 135 Å². The first-order valence-corrected chi connectivity index (χ1v) is 7.05. The highest BCUT2D eigenvalue weighted by atomic mass is 16.7. The minimum absolute atomic E-state index is 0.410. The molecule has 0 aromatic heterocycles. The van der Waals surface area contributed by atoms with Crippen LogP contribution in [0, 0.1) is 0 Å². The molecule has 0 radical (unpaired) electrons. The van der Waals surface area contributed by atoms with Crippen LogP contribution >= 0.6 is 0 Å². The number of ether oxygens (including phenoxy) is 5. The predicted molar refractivity (Wildman–Crippen MR) is 74.6 cm³/mol.